The number of carbonyl (C=O) groups excluding carboxylic acids is 1. The van der Waals surface area contributed by atoms with Gasteiger partial charge in [0.05, 0.1) is 11.7 Å². The molecule has 0 aromatic heterocycles. The van der Waals surface area contributed by atoms with Crippen molar-refractivity contribution in [3.63, 3.8) is 0 Å². The number of benzene rings is 3. The number of amides is 1. The largest absolute Gasteiger partial charge is 0.376 e. The Morgan fingerprint density at radius 3 is 2.40 bits per heavy atom. The summed E-state index contributed by atoms with van der Waals surface area (Å²) in [5.74, 6) is 0.0504. The van der Waals surface area contributed by atoms with E-state index in [2.05, 4.69) is 48.6 Å². The zero-order chi connectivity index (χ0) is 20.6. The van der Waals surface area contributed by atoms with Crippen LogP contribution in [0.4, 0.5) is 5.69 Å². The predicted octanol–water partition coefficient (Wildman–Crippen LogP) is 5.27. The number of anilines is 1. The molecular formula is C26H26N2O2. The third kappa shape index (κ3) is 3.27. The molecule has 1 saturated heterocycles. The number of para-hydroxylation sites is 1. The minimum absolute atomic E-state index is 0.0504. The number of ether oxygens (including phenoxy) is 1. The van der Waals surface area contributed by atoms with Crippen LogP contribution < -0.4 is 5.32 Å². The molecule has 1 fully saturated rings. The highest BCUT2D eigenvalue weighted by Gasteiger charge is 2.43. The van der Waals surface area contributed by atoms with Crippen molar-refractivity contribution in [2.75, 3.05) is 18.5 Å². The highest BCUT2D eigenvalue weighted by Crippen LogP contribution is 2.39. The van der Waals surface area contributed by atoms with Crippen molar-refractivity contribution >= 4 is 11.6 Å². The Balaban J connectivity index is 1.53. The molecule has 4 heteroatoms. The Bertz CT molecular complexity index is 1040. The van der Waals surface area contributed by atoms with Crippen LogP contribution >= 0.6 is 0 Å². The molecule has 0 spiro atoms. The smallest absolute Gasteiger partial charge is 0.258 e. The summed E-state index contributed by atoms with van der Waals surface area (Å²) < 4.78 is 5.88. The molecule has 3 aromatic carbocycles. The molecule has 2 aliphatic heterocycles. The van der Waals surface area contributed by atoms with Crippen LogP contribution in [0, 0.1) is 0 Å². The van der Waals surface area contributed by atoms with Gasteiger partial charge >= 0.3 is 0 Å². The molecule has 30 heavy (non-hydrogen) atoms. The summed E-state index contributed by atoms with van der Waals surface area (Å²) in [5.41, 5.74) is 4.35. The van der Waals surface area contributed by atoms with E-state index in [4.69, 9.17) is 4.74 Å². The van der Waals surface area contributed by atoms with Crippen molar-refractivity contribution in [1.82, 2.24) is 4.90 Å². The van der Waals surface area contributed by atoms with Crippen LogP contribution in [0.15, 0.2) is 78.9 Å². The first-order valence-electron chi connectivity index (χ1n) is 10.6. The molecule has 1 N–H and O–H groups in total. The highest BCUT2D eigenvalue weighted by molar-refractivity contribution is 6.02. The number of nitrogens with one attached hydrogen (secondary N) is 1. The zero-order valence-corrected chi connectivity index (χ0v) is 17.2. The summed E-state index contributed by atoms with van der Waals surface area (Å²) in [7, 11) is 0. The van der Waals surface area contributed by atoms with E-state index in [1.54, 1.807) is 0 Å². The quantitative estimate of drug-likeness (QED) is 0.651. The second-order valence-electron chi connectivity index (χ2n) is 8.24. The number of fused-ring (bicyclic) bond motifs is 1. The number of hydrogen-bond acceptors (Lipinski definition) is 3. The molecule has 2 aliphatic rings. The fourth-order valence-electron chi connectivity index (χ4n) is 4.56. The van der Waals surface area contributed by atoms with Crippen molar-refractivity contribution in [3.8, 4) is 11.1 Å². The van der Waals surface area contributed by atoms with Crippen molar-refractivity contribution in [1.29, 1.82) is 0 Å². The Morgan fingerprint density at radius 1 is 0.967 bits per heavy atom. The Morgan fingerprint density at radius 2 is 1.67 bits per heavy atom. The van der Waals surface area contributed by atoms with Gasteiger partial charge in [0.25, 0.3) is 5.91 Å². The molecule has 0 aliphatic carbocycles. The molecule has 0 saturated carbocycles. The van der Waals surface area contributed by atoms with E-state index in [0.717, 1.165) is 36.3 Å². The monoisotopic (exact) mass is 398 g/mol. The molecule has 1 amide bonds. The third-order valence-electron chi connectivity index (χ3n) is 6.28. The third-order valence-corrected chi connectivity index (χ3v) is 6.28. The van der Waals surface area contributed by atoms with Gasteiger partial charge in [0, 0.05) is 18.8 Å². The van der Waals surface area contributed by atoms with Crippen LogP contribution in [0.1, 0.15) is 35.7 Å². The summed E-state index contributed by atoms with van der Waals surface area (Å²) in [6.45, 7) is 3.45. The predicted molar refractivity (Wildman–Crippen MR) is 119 cm³/mol. The van der Waals surface area contributed by atoms with Gasteiger partial charge in [-0.05, 0) is 48.6 Å². The number of hydrogen-bond donors (Lipinski definition) is 1. The summed E-state index contributed by atoms with van der Waals surface area (Å²) in [5, 5.41) is 3.65. The minimum atomic E-state index is -0.646. The maximum atomic E-state index is 13.5. The summed E-state index contributed by atoms with van der Waals surface area (Å²) in [6, 6.07) is 26.6. The first-order valence-corrected chi connectivity index (χ1v) is 10.6. The van der Waals surface area contributed by atoms with E-state index >= 15 is 0 Å². The van der Waals surface area contributed by atoms with Crippen molar-refractivity contribution in [2.24, 2.45) is 0 Å². The molecular weight excluding hydrogens is 372 g/mol. The molecule has 152 valence electrons. The minimum Gasteiger partial charge on any atom is -0.376 e. The lowest BCUT2D eigenvalue weighted by atomic mass is 9.91. The summed E-state index contributed by atoms with van der Waals surface area (Å²) >= 11 is 0. The lowest BCUT2D eigenvalue weighted by Gasteiger charge is -2.47. The van der Waals surface area contributed by atoms with Crippen molar-refractivity contribution < 1.29 is 9.53 Å². The standard InChI is InChI=1S/C26H26N2O2/c1-26(21-15-13-20(14-16-21)19-8-3-2-4-9-19)27-24-12-6-5-11-23(24)25(29)28(26)18-22-10-7-17-30-22/h2-6,8-9,11-16,22,27H,7,10,17-18H2,1H3. The average molecular weight is 399 g/mol. The molecule has 4 nitrogen and oxygen atoms in total. The van der Waals surface area contributed by atoms with Gasteiger partial charge in [-0.3, -0.25) is 4.79 Å². The summed E-state index contributed by atoms with van der Waals surface area (Å²) in [4.78, 5) is 15.5. The number of carbonyl (C=O) groups is 1. The average Bonchev–Trinajstić information content (AvgIpc) is 3.31. The highest BCUT2D eigenvalue weighted by atomic mass is 16.5. The van der Waals surface area contributed by atoms with Gasteiger partial charge in [-0.1, -0.05) is 66.7 Å². The lowest BCUT2D eigenvalue weighted by Crippen LogP contribution is -2.57. The molecule has 2 atom stereocenters. The van der Waals surface area contributed by atoms with Gasteiger partial charge in [0.1, 0.15) is 5.66 Å². The zero-order valence-electron chi connectivity index (χ0n) is 17.2. The lowest BCUT2D eigenvalue weighted by molar-refractivity contribution is 0.0242. The topological polar surface area (TPSA) is 41.6 Å². The van der Waals surface area contributed by atoms with Gasteiger partial charge in [-0.25, -0.2) is 0 Å². The van der Waals surface area contributed by atoms with Crippen LogP contribution in [0.5, 0.6) is 0 Å². The van der Waals surface area contributed by atoms with Gasteiger partial charge in [0.15, 0.2) is 0 Å². The van der Waals surface area contributed by atoms with Crippen LogP contribution in [0.3, 0.4) is 0 Å². The molecule has 3 aromatic rings. The van der Waals surface area contributed by atoms with Crippen molar-refractivity contribution in [3.05, 3.63) is 90.0 Å². The van der Waals surface area contributed by atoms with E-state index in [-0.39, 0.29) is 12.0 Å². The first kappa shape index (κ1) is 18.9. The van der Waals surface area contributed by atoms with Crippen LogP contribution in [0.25, 0.3) is 11.1 Å². The van der Waals surface area contributed by atoms with Crippen LogP contribution in [-0.2, 0) is 10.4 Å². The van der Waals surface area contributed by atoms with Gasteiger partial charge in [-0.15, -0.1) is 0 Å². The Labute approximate surface area is 177 Å². The summed E-state index contributed by atoms with van der Waals surface area (Å²) in [6.07, 6.45) is 2.14. The number of rotatable bonds is 4. The maximum Gasteiger partial charge on any atom is 0.258 e. The molecule has 2 heterocycles. The van der Waals surface area contributed by atoms with E-state index in [0.29, 0.717) is 12.1 Å². The second-order valence-corrected chi connectivity index (χ2v) is 8.24. The number of nitrogens with zero attached hydrogens (tertiary/aromatic N) is 1. The van der Waals surface area contributed by atoms with E-state index in [1.165, 1.54) is 5.56 Å². The van der Waals surface area contributed by atoms with Gasteiger partial charge in [0.2, 0.25) is 0 Å². The Kier molecular flexibility index (Phi) is 4.80. The molecule has 2 unspecified atom stereocenters. The molecule has 5 rings (SSSR count). The Hall–Kier alpha value is -3.11. The molecule has 0 bridgehead atoms. The normalized spacial score (nSPS) is 23.2. The molecule has 0 radical (unpaired) electrons. The van der Waals surface area contributed by atoms with E-state index in [1.807, 2.05) is 47.4 Å². The van der Waals surface area contributed by atoms with Crippen LogP contribution in [0.2, 0.25) is 0 Å². The van der Waals surface area contributed by atoms with E-state index in [9.17, 15) is 4.79 Å². The fraction of sp³-hybridized carbons (Fsp3) is 0.269. The SMILES string of the molecule is CC1(c2ccc(-c3ccccc3)cc2)Nc2ccccc2C(=O)N1CC1CCCO1. The second kappa shape index (κ2) is 7.62. The fourth-order valence-corrected chi connectivity index (χ4v) is 4.56. The van der Waals surface area contributed by atoms with E-state index < -0.39 is 5.66 Å². The van der Waals surface area contributed by atoms with Crippen molar-refractivity contribution in [2.45, 2.75) is 31.5 Å². The van der Waals surface area contributed by atoms with Gasteiger partial charge in [-0.2, -0.15) is 0 Å². The maximum absolute atomic E-state index is 13.5. The van der Waals surface area contributed by atoms with Crippen LogP contribution in [-0.4, -0.2) is 30.1 Å². The van der Waals surface area contributed by atoms with Gasteiger partial charge < -0.3 is 15.0 Å². The first-order chi connectivity index (χ1) is 14.6.